The Morgan fingerprint density at radius 1 is 1.08 bits per heavy atom. The molecule has 0 aliphatic carbocycles. The van der Waals surface area contributed by atoms with Crippen molar-refractivity contribution in [3.63, 3.8) is 0 Å². The van der Waals surface area contributed by atoms with Gasteiger partial charge in [-0.2, -0.15) is 0 Å². The summed E-state index contributed by atoms with van der Waals surface area (Å²) in [6.07, 6.45) is 4.05. The molecule has 0 unspecified atom stereocenters. The van der Waals surface area contributed by atoms with Gasteiger partial charge in [0.15, 0.2) is 0 Å². The highest BCUT2D eigenvalue weighted by Gasteiger charge is 2.14. The SMILES string of the molecule is Cc1cc(C)cc(NC(=O)CC(=O)N(C)CCc2ccncc2)c1. The van der Waals surface area contributed by atoms with Crippen molar-refractivity contribution in [3.05, 3.63) is 59.4 Å². The van der Waals surface area contributed by atoms with Gasteiger partial charge in [-0.15, -0.1) is 0 Å². The molecule has 0 aliphatic heterocycles. The maximum absolute atomic E-state index is 12.2. The van der Waals surface area contributed by atoms with Crippen LogP contribution in [0.25, 0.3) is 0 Å². The molecule has 0 saturated carbocycles. The molecule has 0 bridgehead atoms. The summed E-state index contributed by atoms with van der Waals surface area (Å²) in [5.74, 6) is -0.480. The number of hydrogen-bond donors (Lipinski definition) is 1. The van der Waals surface area contributed by atoms with Gasteiger partial charge in [-0.1, -0.05) is 6.07 Å². The Kier molecular flexibility index (Phi) is 6.07. The first-order valence-electron chi connectivity index (χ1n) is 7.95. The van der Waals surface area contributed by atoms with Crippen molar-refractivity contribution in [1.29, 1.82) is 0 Å². The number of hydrogen-bond acceptors (Lipinski definition) is 3. The van der Waals surface area contributed by atoms with E-state index in [9.17, 15) is 9.59 Å². The molecule has 1 heterocycles. The summed E-state index contributed by atoms with van der Waals surface area (Å²) in [7, 11) is 1.72. The van der Waals surface area contributed by atoms with Gasteiger partial charge in [0.05, 0.1) is 0 Å². The van der Waals surface area contributed by atoms with Crippen molar-refractivity contribution >= 4 is 17.5 Å². The van der Waals surface area contributed by atoms with Gasteiger partial charge in [-0.05, 0) is 61.2 Å². The number of pyridine rings is 1. The number of carbonyl (C=O) groups excluding carboxylic acids is 2. The van der Waals surface area contributed by atoms with Gasteiger partial charge >= 0.3 is 0 Å². The molecule has 126 valence electrons. The maximum atomic E-state index is 12.2. The van der Waals surface area contributed by atoms with E-state index in [2.05, 4.69) is 10.3 Å². The summed E-state index contributed by atoms with van der Waals surface area (Å²) in [6, 6.07) is 9.66. The highest BCUT2D eigenvalue weighted by Crippen LogP contribution is 2.14. The van der Waals surface area contributed by atoms with Gasteiger partial charge in [0.25, 0.3) is 0 Å². The molecule has 0 aliphatic rings. The molecule has 5 nitrogen and oxygen atoms in total. The highest BCUT2D eigenvalue weighted by molar-refractivity contribution is 6.03. The second kappa shape index (κ2) is 8.24. The summed E-state index contributed by atoms with van der Waals surface area (Å²) in [4.78, 5) is 29.8. The molecule has 2 rings (SSSR count). The summed E-state index contributed by atoms with van der Waals surface area (Å²) >= 11 is 0. The van der Waals surface area contributed by atoms with E-state index < -0.39 is 0 Å². The normalized spacial score (nSPS) is 10.3. The Balaban J connectivity index is 1.83. The predicted octanol–water partition coefficient (Wildman–Crippen LogP) is 2.73. The summed E-state index contributed by atoms with van der Waals surface area (Å²) in [6.45, 7) is 4.51. The van der Waals surface area contributed by atoms with Gasteiger partial charge in [0.2, 0.25) is 11.8 Å². The predicted molar refractivity (Wildman–Crippen MR) is 94.7 cm³/mol. The smallest absolute Gasteiger partial charge is 0.233 e. The third kappa shape index (κ3) is 5.50. The van der Waals surface area contributed by atoms with Crippen LogP contribution in [0, 0.1) is 13.8 Å². The van der Waals surface area contributed by atoms with Crippen LogP contribution in [0.4, 0.5) is 5.69 Å². The van der Waals surface area contributed by atoms with Crippen LogP contribution in [0.15, 0.2) is 42.7 Å². The molecule has 0 saturated heterocycles. The molecule has 2 amide bonds. The first kappa shape index (κ1) is 17.7. The number of benzene rings is 1. The van der Waals surface area contributed by atoms with Crippen molar-refractivity contribution < 1.29 is 9.59 Å². The molecule has 1 aromatic heterocycles. The Morgan fingerprint density at radius 2 is 1.71 bits per heavy atom. The Bertz CT molecular complexity index is 694. The first-order chi connectivity index (χ1) is 11.4. The summed E-state index contributed by atoms with van der Waals surface area (Å²) in [5, 5.41) is 2.79. The average Bonchev–Trinajstić information content (AvgIpc) is 2.52. The van der Waals surface area contributed by atoms with E-state index in [1.54, 1.807) is 24.3 Å². The molecule has 5 heteroatoms. The lowest BCUT2D eigenvalue weighted by Gasteiger charge is -2.17. The summed E-state index contributed by atoms with van der Waals surface area (Å²) in [5.41, 5.74) is 3.99. The molecule has 0 spiro atoms. The lowest BCUT2D eigenvalue weighted by atomic mass is 10.1. The van der Waals surface area contributed by atoms with Gasteiger partial charge in [0.1, 0.15) is 6.42 Å². The fraction of sp³-hybridized carbons (Fsp3) is 0.316. The van der Waals surface area contributed by atoms with Crippen molar-refractivity contribution in [2.45, 2.75) is 26.7 Å². The molecule has 0 fully saturated rings. The monoisotopic (exact) mass is 325 g/mol. The average molecular weight is 325 g/mol. The van der Waals surface area contributed by atoms with Crippen LogP contribution >= 0.6 is 0 Å². The Hall–Kier alpha value is -2.69. The molecule has 1 N–H and O–H groups in total. The summed E-state index contributed by atoms with van der Waals surface area (Å²) < 4.78 is 0. The van der Waals surface area contributed by atoms with Gasteiger partial charge < -0.3 is 10.2 Å². The minimum absolute atomic E-state index is 0.153. The lowest BCUT2D eigenvalue weighted by molar-refractivity contribution is -0.133. The zero-order valence-electron chi connectivity index (χ0n) is 14.4. The number of anilines is 1. The van der Waals surface area contributed by atoms with Crippen LogP contribution in [-0.2, 0) is 16.0 Å². The van der Waals surface area contributed by atoms with Crippen LogP contribution in [0.3, 0.4) is 0 Å². The number of rotatable bonds is 6. The Labute approximate surface area is 142 Å². The second-order valence-electron chi connectivity index (χ2n) is 6.02. The topological polar surface area (TPSA) is 62.3 Å². The van der Waals surface area contributed by atoms with E-state index in [0.717, 1.165) is 28.8 Å². The van der Waals surface area contributed by atoms with E-state index in [1.165, 1.54) is 0 Å². The van der Waals surface area contributed by atoms with E-state index in [0.29, 0.717) is 6.54 Å². The lowest BCUT2D eigenvalue weighted by Crippen LogP contribution is -2.32. The number of likely N-dealkylation sites (N-methyl/N-ethyl adjacent to an activating group) is 1. The highest BCUT2D eigenvalue weighted by atomic mass is 16.2. The number of nitrogens with one attached hydrogen (secondary N) is 1. The number of amides is 2. The van der Waals surface area contributed by atoms with Gasteiger partial charge in [-0.3, -0.25) is 14.6 Å². The first-order valence-corrected chi connectivity index (χ1v) is 7.95. The largest absolute Gasteiger partial charge is 0.345 e. The fourth-order valence-electron chi connectivity index (χ4n) is 2.50. The third-order valence-electron chi connectivity index (χ3n) is 3.73. The number of carbonyl (C=O) groups is 2. The minimum Gasteiger partial charge on any atom is -0.345 e. The van der Waals surface area contributed by atoms with E-state index in [-0.39, 0.29) is 18.2 Å². The number of aromatic nitrogens is 1. The van der Waals surface area contributed by atoms with E-state index in [1.807, 2.05) is 44.2 Å². The van der Waals surface area contributed by atoms with E-state index in [4.69, 9.17) is 0 Å². The standard InChI is InChI=1S/C19H23N3O2/c1-14-10-15(2)12-17(11-14)21-18(23)13-19(24)22(3)9-6-16-4-7-20-8-5-16/h4-5,7-8,10-12H,6,9,13H2,1-3H3,(H,21,23). The van der Waals surface area contributed by atoms with Crippen LogP contribution in [0.2, 0.25) is 0 Å². The van der Waals surface area contributed by atoms with Gasteiger partial charge in [0, 0.05) is 31.7 Å². The fourth-order valence-corrected chi connectivity index (χ4v) is 2.50. The van der Waals surface area contributed by atoms with Crippen molar-refractivity contribution in [2.24, 2.45) is 0 Å². The van der Waals surface area contributed by atoms with Crippen LogP contribution in [0.1, 0.15) is 23.1 Å². The zero-order valence-corrected chi connectivity index (χ0v) is 14.4. The molecule has 2 aromatic rings. The minimum atomic E-state index is -0.291. The second-order valence-corrected chi connectivity index (χ2v) is 6.02. The van der Waals surface area contributed by atoms with Crippen LogP contribution in [-0.4, -0.2) is 35.3 Å². The molecule has 1 aromatic carbocycles. The number of aryl methyl sites for hydroxylation is 2. The molecular weight excluding hydrogens is 302 g/mol. The quantitative estimate of drug-likeness (QED) is 0.831. The maximum Gasteiger partial charge on any atom is 0.233 e. The van der Waals surface area contributed by atoms with Gasteiger partial charge in [-0.25, -0.2) is 0 Å². The van der Waals surface area contributed by atoms with Crippen molar-refractivity contribution in [2.75, 3.05) is 18.9 Å². The van der Waals surface area contributed by atoms with Crippen molar-refractivity contribution in [1.82, 2.24) is 9.88 Å². The Morgan fingerprint density at radius 3 is 2.33 bits per heavy atom. The third-order valence-corrected chi connectivity index (χ3v) is 3.73. The van der Waals surface area contributed by atoms with Crippen molar-refractivity contribution in [3.8, 4) is 0 Å². The van der Waals surface area contributed by atoms with Crippen LogP contribution < -0.4 is 5.32 Å². The number of nitrogens with zero attached hydrogens (tertiary/aromatic N) is 2. The molecule has 0 radical (unpaired) electrons. The van der Waals surface area contributed by atoms with E-state index >= 15 is 0 Å². The van der Waals surface area contributed by atoms with Crippen LogP contribution in [0.5, 0.6) is 0 Å². The molecule has 24 heavy (non-hydrogen) atoms. The molecular formula is C19H23N3O2. The molecule has 0 atom stereocenters. The zero-order chi connectivity index (χ0) is 17.5.